The summed E-state index contributed by atoms with van der Waals surface area (Å²) in [5.41, 5.74) is 5.87. The van der Waals surface area contributed by atoms with E-state index in [0.717, 1.165) is 60.1 Å². The minimum Gasteiger partial charge on any atom is -0.452 e. The molecule has 0 aliphatic carbocycles. The van der Waals surface area contributed by atoms with Crippen LogP contribution in [0.4, 0.5) is 4.39 Å². The molecule has 0 unspecified atom stereocenters. The maximum atomic E-state index is 16.1. The number of hydrogen-bond acceptors (Lipinski definition) is 3. The molecular weight excluding hydrogens is 579 g/mol. The highest BCUT2D eigenvalue weighted by atomic mass is 19.1. The van der Waals surface area contributed by atoms with Crippen LogP contribution in [0.5, 0.6) is 0 Å². The molecular formula is C43H31FN2O. The lowest BCUT2D eigenvalue weighted by Crippen LogP contribution is -1.93. The van der Waals surface area contributed by atoms with Crippen molar-refractivity contribution in [3.05, 3.63) is 145 Å². The first-order valence-corrected chi connectivity index (χ1v) is 16.0. The predicted molar refractivity (Wildman–Crippen MR) is 194 cm³/mol. The van der Waals surface area contributed by atoms with E-state index in [1.807, 2.05) is 103 Å². The van der Waals surface area contributed by atoms with Crippen LogP contribution in [0.3, 0.4) is 0 Å². The number of aromatic nitrogens is 2. The minimum atomic E-state index is -0.269. The molecule has 226 valence electrons. The van der Waals surface area contributed by atoms with Crippen LogP contribution in [0, 0.1) is 5.82 Å². The molecule has 7 aromatic carbocycles. The van der Waals surface area contributed by atoms with E-state index in [2.05, 4.69) is 44.2 Å². The summed E-state index contributed by atoms with van der Waals surface area (Å²) in [5.74, 6) is 0.343. The van der Waals surface area contributed by atoms with E-state index >= 15 is 4.39 Å². The molecule has 0 saturated heterocycles. The fourth-order valence-electron chi connectivity index (χ4n) is 6.47. The first kappa shape index (κ1) is 28.6. The second kappa shape index (κ2) is 11.8. The molecule has 0 aliphatic rings. The molecule has 2 heterocycles. The van der Waals surface area contributed by atoms with Crippen LogP contribution in [-0.2, 0) is 0 Å². The van der Waals surface area contributed by atoms with Crippen molar-refractivity contribution in [3.8, 4) is 33.8 Å². The Morgan fingerprint density at radius 1 is 0.511 bits per heavy atom. The highest BCUT2D eigenvalue weighted by molar-refractivity contribution is 6.25. The van der Waals surface area contributed by atoms with Gasteiger partial charge >= 0.3 is 0 Å². The molecule has 0 fully saturated rings. The minimum absolute atomic E-state index is 0.269. The summed E-state index contributed by atoms with van der Waals surface area (Å²) in [5, 5.41) is 7.17. The Kier molecular flexibility index (Phi) is 7.18. The third-order valence-corrected chi connectivity index (χ3v) is 8.53. The molecule has 0 atom stereocenters. The van der Waals surface area contributed by atoms with Gasteiger partial charge in [-0.1, -0.05) is 136 Å². The Bertz CT molecular complexity index is 2570. The van der Waals surface area contributed by atoms with Gasteiger partial charge in [-0.3, -0.25) is 0 Å². The van der Waals surface area contributed by atoms with Gasteiger partial charge in [-0.05, 0) is 62.1 Å². The van der Waals surface area contributed by atoms with Crippen molar-refractivity contribution in [2.45, 2.75) is 20.3 Å². The van der Waals surface area contributed by atoms with Crippen molar-refractivity contribution in [2.24, 2.45) is 0 Å². The normalized spacial score (nSPS) is 11.4. The van der Waals surface area contributed by atoms with Gasteiger partial charge in [0.2, 0.25) is 0 Å². The van der Waals surface area contributed by atoms with Crippen molar-refractivity contribution in [2.75, 3.05) is 0 Å². The van der Waals surface area contributed by atoms with E-state index in [0.29, 0.717) is 28.1 Å². The Morgan fingerprint density at radius 3 is 1.66 bits per heavy atom. The number of halogens is 1. The average molecular weight is 611 g/mol. The standard InChI is InChI=1S/C40H23FN2O.C3H8/c41-35-23-33-30-18-10-8-16-28(30)27-15-7-9-17-29(27)32(33)22-31(35)26-19-20-36-34(21-26)38-39(44-36)37(24-11-3-1-4-12-24)42-40(43-38)25-13-5-2-6-14-25;1-3-2/h1-23H;3H2,1-2H3. The molecule has 47 heavy (non-hydrogen) atoms. The van der Waals surface area contributed by atoms with Crippen molar-refractivity contribution < 1.29 is 8.81 Å². The van der Waals surface area contributed by atoms with Gasteiger partial charge in [0.1, 0.15) is 22.6 Å². The molecule has 0 amide bonds. The first-order chi connectivity index (χ1) is 23.1. The lowest BCUT2D eigenvalue weighted by Gasteiger charge is -2.13. The Labute approximate surface area is 272 Å². The van der Waals surface area contributed by atoms with Crippen LogP contribution in [0.25, 0.3) is 88.2 Å². The van der Waals surface area contributed by atoms with Gasteiger partial charge in [0, 0.05) is 22.1 Å². The second-order valence-corrected chi connectivity index (χ2v) is 11.8. The first-order valence-electron chi connectivity index (χ1n) is 16.0. The highest BCUT2D eigenvalue weighted by Crippen LogP contribution is 2.41. The summed E-state index contributed by atoms with van der Waals surface area (Å²) < 4.78 is 22.5. The zero-order valence-corrected chi connectivity index (χ0v) is 26.2. The SMILES string of the molecule is CCC.Fc1cc2c3ccccc3c3ccccc3c2cc1-c1ccc2oc3c(-c4ccccc4)nc(-c4ccccc4)nc3c2c1. The van der Waals surface area contributed by atoms with Gasteiger partial charge in [-0.25, -0.2) is 14.4 Å². The zero-order chi connectivity index (χ0) is 31.9. The maximum absolute atomic E-state index is 16.1. The van der Waals surface area contributed by atoms with Gasteiger partial charge in [-0.2, -0.15) is 0 Å². The summed E-state index contributed by atoms with van der Waals surface area (Å²) >= 11 is 0. The molecule has 0 aliphatic heterocycles. The smallest absolute Gasteiger partial charge is 0.180 e. The van der Waals surface area contributed by atoms with Crippen LogP contribution < -0.4 is 0 Å². The van der Waals surface area contributed by atoms with Crippen LogP contribution in [0.1, 0.15) is 20.3 Å². The molecule has 0 saturated carbocycles. The molecule has 2 aromatic heterocycles. The van der Waals surface area contributed by atoms with Gasteiger partial charge in [-0.15, -0.1) is 0 Å². The third kappa shape index (κ3) is 4.90. The van der Waals surface area contributed by atoms with Crippen LogP contribution in [0.15, 0.2) is 144 Å². The number of hydrogen-bond donors (Lipinski definition) is 0. The van der Waals surface area contributed by atoms with E-state index in [4.69, 9.17) is 14.4 Å². The number of fused-ring (bicyclic) bond motifs is 9. The molecule has 0 radical (unpaired) electrons. The fourth-order valence-corrected chi connectivity index (χ4v) is 6.47. The van der Waals surface area contributed by atoms with Crippen molar-refractivity contribution in [1.29, 1.82) is 0 Å². The van der Waals surface area contributed by atoms with Crippen molar-refractivity contribution in [1.82, 2.24) is 9.97 Å². The summed E-state index contributed by atoms with van der Waals surface area (Å²) in [6, 6.07) is 46.0. The quantitative estimate of drug-likeness (QED) is 0.187. The van der Waals surface area contributed by atoms with E-state index in [-0.39, 0.29) is 5.82 Å². The number of nitrogens with zero attached hydrogens (tertiary/aromatic N) is 2. The summed E-state index contributed by atoms with van der Waals surface area (Å²) in [4.78, 5) is 9.96. The van der Waals surface area contributed by atoms with Crippen LogP contribution in [0.2, 0.25) is 0 Å². The number of rotatable bonds is 3. The summed E-state index contributed by atoms with van der Waals surface area (Å²) in [7, 11) is 0. The topological polar surface area (TPSA) is 38.9 Å². The van der Waals surface area contributed by atoms with E-state index in [1.165, 1.54) is 6.42 Å². The highest BCUT2D eigenvalue weighted by Gasteiger charge is 2.20. The summed E-state index contributed by atoms with van der Waals surface area (Å²) in [6.45, 7) is 4.25. The lowest BCUT2D eigenvalue weighted by atomic mass is 9.91. The maximum Gasteiger partial charge on any atom is 0.180 e. The van der Waals surface area contributed by atoms with Crippen molar-refractivity contribution in [3.63, 3.8) is 0 Å². The molecule has 0 N–H and O–H groups in total. The number of furan rings is 1. The average Bonchev–Trinajstić information content (AvgIpc) is 3.50. The molecule has 4 heteroatoms. The third-order valence-electron chi connectivity index (χ3n) is 8.53. The molecule has 9 rings (SSSR count). The van der Waals surface area contributed by atoms with Gasteiger partial charge in [0.15, 0.2) is 11.4 Å². The van der Waals surface area contributed by atoms with E-state index in [9.17, 15) is 0 Å². The molecule has 3 nitrogen and oxygen atoms in total. The monoisotopic (exact) mass is 610 g/mol. The number of benzene rings is 7. The van der Waals surface area contributed by atoms with E-state index in [1.54, 1.807) is 6.07 Å². The zero-order valence-electron chi connectivity index (χ0n) is 26.2. The van der Waals surface area contributed by atoms with Gasteiger partial charge < -0.3 is 4.42 Å². The van der Waals surface area contributed by atoms with Gasteiger partial charge in [0.05, 0.1) is 0 Å². The largest absolute Gasteiger partial charge is 0.452 e. The summed E-state index contributed by atoms with van der Waals surface area (Å²) in [6.07, 6.45) is 1.25. The van der Waals surface area contributed by atoms with Crippen molar-refractivity contribution >= 4 is 54.4 Å². The Hall–Kier alpha value is -5.87. The Morgan fingerprint density at radius 2 is 1.04 bits per heavy atom. The molecule has 0 spiro atoms. The van der Waals surface area contributed by atoms with Gasteiger partial charge in [0.25, 0.3) is 0 Å². The second-order valence-electron chi connectivity index (χ2n) is 11.8. The molecule has 9 aromatic rings. The van der Waals surface area contributed by atoms with Crippen LogP contribution in [-0.4, -0.2) is 9.97 Å². The van der Waals surface area contributed by atoms with E-state index < -0.39 is 0 Å². The Balaban J connectivity index is 0.00000104. The van der Waals surface area contributed by atoms with Crippen LogP contribution >= 0.6 is 0 Å². The lowest BCUT2D eigenvalue weighted by molar-refractivity contribution is 0.633. The predicted octanol–water partition coefficient (Wildman–Crippen LogP) is 12.4. The molecule has 0 bridgehead atoms. The fraction of sp³-hybridized carbons (Fsp3) is 0.0698.